The van der Waals surface area contributed by atoms with E-state index in [2.05, 4.69) is 16.9 Å². The van der Waals surface area contributed by atoms with Gasteiger partial charge in [-0.05, 0) is 0 Å². The minimum absolute atomic E-state index is 0. The summed E-state index contributed by atoms with van der Waals surface area (Å²) in [7, 11) is 0. The smallest absolute Gasteiger partial charge is 0.463 e. The molecule has 1 aliphatic rings. The molecule has 1 aromatic rings. The molecule has 4 heteroatoms. The molecule has 0 spiro atoms. The van der Waals surface area contributed by atoms with Crippen molar-refractivity contribution < 1.29 is 35.2 Å². The van der Waals surface area contributed by atoms with Gasteiger partial charge in [0.25, 0.3) is 0 Å². The molecule has 0 N–H and O–H groups in total. The van der Waals surface area contributed by atoms with Crippen LogP contribution in [0.1, 0.15) is 0 Å². The minimum atomic E-state index is -1.74. The van der Waals surface area contributed by atoms with Gasteiger partial charge in [-0.2, -0.15) is 46.9 Å². The Bertz CT molecular complexity index is 285. The van der Waals surface area contributed by atoms with Gasteiger partial charge in [0.05, 0.1) is 0 Å². The number of rotatable bonds is 0. The molecule has 0 saturated heterocycles. The molecule has 0 aliphatic carbocycles. The molecular formula is C11H8F2OTi. The first-order valence-electron chi connectivity index (χ1n) is 3.96. The van der Waals surface area contributed by atoms with E-state index in [0.29, 0.717) is 0 Å². The fourth-order valence-corrected chi connectivity index (χ4v) is 0.703. The number of halogens is 2. The van der Waals surface area contributed by atoms with Crippen LogP contribution in [0.4, 0.5) is 8.78 Å². The summed E-state index contributed by atoms with van der Waals surface area (Å²) in [4.78, 5) is 0. The Morgan fingerprint density at radius 3 is 2.13 bits per heavy atom. The number of ether oxygens (including phenoxy) is 1. The predicted molar refractivity (Wildman–Crippen MR) is 48.3 cm³/mol. The minimum Gasteiger partial charge on any atom is -0.463 e. The molecule has 1 atom stereocenters. The maximum absolute atomic E-state index is 11.8. The van der Waals surface area contributed by atoms with Crippen LogP contribution >= 0.6 is 0 Å². The fourth-order valence-electron chi connectivity index (χ4n) is 0.703. The molecule has 0 saturated carbocycles. The number of benzene rings is 1. The summed E-state index contributed by atoms with van der Waals surface area (Å²) < 4.78 is 27.4. The summed E-state index contributed by atoms with van der Waals surface area (Å²) in [6.45, 7) is 0. The van der Waals surface area contributed by atoms with E-state index >= 15 is 0 Å². The van der Waals surface area contributed by atoms with Gasteiger partial charge in [-0.15, -0.1) is 6.08 Å². The van der Waals surface area contributed by atoms with Gasteiger partial charge >= 0.3 is 21.7 Å². The SMILES string of the molecule is FC1=CC=[C-]C(F)O1.[Ti+2].[c-]1ccccc1. The van der Waals surface area contributed by atoms with Crippen LogP contribution in [0.3, 0.4) is 0 Å². The third-order valence-corrected chi connectivity index (χ3v) is 1.26. The number of allylic oxidation sites excluding steroid dienone is 2. The first-order chi connectivity index (χ1) is 6.79. The van der Waals surface area contributed by atoms with Crippen molar-refractivity contribution in [3.63, 3.8) is 0 Å². The van der Waals surface area contributed by atoms with Crippen LogP contribution in [0.2, 0.25) is 0 Å². The molecule has 2 rings (SSSR count). The second-order valence-electron chi connectivity index (χ2n) is 2.32. The Labute approximate surface area is 102 Å². The Balaban J connectivity index is 0.000000253. The van der Waals surface area contributed by atoms with Gasteiger partial charge in [0.1, 0.15) is 0 Å². The van der Waals surface area contributed by atoms with Crippen molar-refractivity contribution in [2.45, 2.75) is 6.36 Å². The van der Waals surface area contributed by atoms with E-state index < -0.39 is 12.4 Å². The van der Waals surface area contributed by atoms with Gasteiger partial charge in [-0.3, -0.25) is 0 Å². The van der Waals surface area contributed by atoms with Crippen LogP contribution in [-0.2, 0) is 26.5 Å². The van der Waals surface area contributed by atoms with Crippen LogP contribution < -0.4 is 0 Å². The molecule has 0 fully saturated rings. The van der Waals surface area contributed by atoms with Gasteiger partial charge in [-0.1, -0.05) is 0 Å². The van der Waals surface area contributed by atoms with Gasteiger partial charge in [0.2, 0.25) is 0 Å². The molecule has 0 radical (unpaired) electrons. The Morgan fingerprint density at radius 1 is 1.20 bits per heavy atom. The molecule has 1 aliphatic heterocycles. The van der Waals surface area contributed by atoms with Crippen LogP contribution in [0.15, 0.2) is 48.5 Å². The Morgan fingerprint density at radius 2 is 1.87 bits per heavy atom. The molecule has 0 amide bonds. The molecule has 76 valence electrons. The summed E-state index contributed by atoms with van der Waals surface area (Å²) >= 11 is 0. The van der Waals surface area contributed by atoms with E-state index in [1.54, 1.807) is 0 Å². The summed E-state index contributed by atoms with van der Waals surface area (Å²) in [6.07, 6.45) is 2.48. The fraction of sp³-hybridized carbons (Fsp3) is 0.0909. The van der Waals surface area contributed by atoms with Crippen molar-refractivity contribution in [3.05, 3.63) is 60.6 Å². The van der Waals surface area contributed by atoms with E-state index in [4.69, 9.17) is 0 Å². The first-order valence-corrected chi connectivity index (χ1v) is 3.96. The summed E-state index contributed by atoms with van der Waals surface area (Å²) in [5, 5.41) is 0. The molecule has 1 nitrogen and oxygen atoms in total. The van der Waals surface area contributed by atoms with Gasteiger partial charge in [0, 0.05) is 0 Å². The van der Waals surface area contributed by atoms with Crippen LogP contribution in [0.25, 0.3) is 0 Å². The maximum Gasteiger partial charge on any atom is 2.00 e. The molecule has 1 aromatic carbocycles. The van der Waals surface area contributed by atoms with Gasteiger partial charge in [-0.25, -0.2) is 10.5 Å². The first kappa shape index (κ1) is 14.1. The third-order valence-electron chi connectivity index (χ3n) is 1.26. The second kappa shape index (κ2) is 8.39. The quantitative estimate of drug-likeness (QED) is 0.502. The zero-order chi connectivity index (χ0) is 10.2. The van der Waals surface area contributed by atoms with Crippen molar-refractivity contribution in [2.75, 3.05) is 0 Å². The average Bonchev–Trinajstić information content (AvgIpc) is 2.21. The monoisotopic (exact) mass is 242 g/mol. The van der Waals surface area contributed by atoms with Gasteiger partial charge < -0.3 is 4.74 Å². The third kappa shape index (κ3) is 7.06. The van der Waals surface area contributed by atoms with Crippen molar-refractivity contribution in [2.24, 2.45) is 0 Å². The molecular weight excluding hydrogens is 234 g/mol. The Kier molecular flexibility index (Phi) is 7.87. The van der Waals surface area contributed by atoms with Crippen molar-refractivity contribution in [1.82, 2.24) is 0 Å². The predicted octanol–water partition coefficient (Wildman–Crippen LogP) is 2.97. The van der Waals surface area contributed by atoms with Crippen LogP contribution in [0.5, 0.6) is 0 Å². The van der Waals surface area contributed by atoms with Crippen molar-refractivity contribution >= 4 is 0 Å². The molecule has 1 unspecified atom stereocenters. The average molecular weight is 242 g/mol. The topological polar surface area (TPSA) is 9.23 Å². The molecule has 1 heterocycles. The van der Waals surface area contributed by atoms with E-state index in [9.17, 15) is 8.78 Å². The summed E-state index contributed by atoms with van der Waals surface area (Å²) in [6, 6.07) is 11.6. The second-order valence-corrected chi connectivity index (χ2v) is 2.32. The van der Waals surface area contributed by atoms with E-state index in [-0.39, 0.29) is 21.7 Å². The normalized spacial score (nSPS) is 17.5. The molecule has 15 heavy (non-hydrogen) atoms. The van der Waals surface area contributed by atoms with Crippen molar-refractivity contribution in [1.29, 1.82) is 0 Å². The van der Waals surface area contributed by atoms with Crippen LogP contribution in [0, 0.1) is 12.1 Å². The largest absolute Gasteiger partial charge is 2.00 e. The number of alkyl halides is 1. The van der Waals surface area contributed by atoms with E-state index in [1.807, 2.05) is 30.3 Å². The number of hydrogen-bond acceptors (Lipinski definition) is 1. The summed E-state index contributed by atoms with van der Waals surface area (Å²) in [5.74, 6) is 0. The van der Waals surface area contributed by atoms with Crippen LogP contribution in [-0.4, -0.2) is 6.36 Å². The van der Waals surface area contributed by atoms with Crippen molar-refractivity contribution in [3.8, 4) is 0 Å². The molecule has 0 aromatic heterocycles. The van der Waals surface area contributed by atoms with E-state index in [0.717, 1.165) is 12.2 Å². The zero-order valence-corrected chi connectivity index (χ0v) is 9.34. The molecule has 0 bridgehead atoms. The standard InChI is InChI=1S/C6H5.C5H3F2O.Ti/c1-2-4-6-5-3-1;6-4-2-1-3-5(7)8-4;/h1-5H;1-2,5H;/q2*-1;+2. The van der Waals surface area contributed by atoms with Gasteiger partial charge in [0.15, 0.2) is 12.4 Å². The Hall–Kier alpha value is -0.926. The van der Waals surface area contributed by atoms with E-state index in [1.165, 1.54) is 0 Å². The summed E-state index contributed by atoms with van der Waals surface area (Å²) in [5.41, 5.74) is 0. The number of hydrogen-bond donors (Lipinski definition) is 0. The maximum atomic E-state index is 11.8. The zero-order valence-electron chi connectivity index (χ0n) is 7.78.